The van der Waals surface area contributed by atoms with Crippen LogP contribution in [0.25, 0.3) is 0 Å². The summed E-state index contributed by atoms with van der Waals surface area (Å²) in [5, 5.41) is 2.86. The maximum atomic E-state index is 12.5. The van der Waals surface area contributed by atoms with E-state index in [1.165, 1.54) is 18.2 Å². The predicted octanol–water partition coefficient (Wildman–Crippen LogP) is 2.76. The molecule has 0 aliphatic carbocycles. The molecule has 1 aromatic carbocycles. The highest BCUT2D eigenvalue weighted by Gasteiger charge is 2.18. The molecule has 8 heteroatoms. The van der Waals surface area contributed by atoms with Crippen LogP contribution in [-0.4, -0.2) is 50.9 Å². The molecule has 6 nitrogen and oxygen atoms in total. The van der Waals surface area contributed by atoms with E-state index >= 15 is 0 Å². The minimum absolute atomic E-state index is 0.0405. The van der Waals surface area contributed by atoms with Crippen molar-refractivity contribution in [2.75, 3.05) is 19.6 Å². The van der Waals surface area contributed by atoms with Crippen molar-refractivity contribution in [1.82, 2.24) is 14.9 Å². The van der Waals surface area contributed by atoms with Crippen molar-refractivity contribution in [3.05, 3.63) is 40.9 Å². The summed E-state index contributed by atoms with van der Waals surface area (Å²) in [6.45, 7) is 13.3. The molecule has 0 aromatic heterocycles. The van der Waals surface area contributed by atoms with Crippen LogP contribution < -0.4 is 10.0 Å². The van der Waals surface area contributed by atoms with Gasteiger partial charge in [-0.2, -0.15) is 0 Å². The van der Waals surface area contributed by atoms with E-state index < -0.39 is 10.0 Å². The topological polar surface area (TPSA) is 78.5 Å². The number of halogens is 1. The lowest BCUT2D eigenvalue weighted by atomic mass is 10.2. The van der Waals surface area contributed by atoms with Gasteiger partial charge in [-0.15, -0.1) is 6.58 Å². The number of hydrogen-bond donors (Lipinski definition) is 2. The average molecular weight is 446 g/mol. The van der Waals surface area contributed by atoms with E-state index in [0.717, 1.165) is 6.54 Å². The molecule has 0 atom stereocenters. The second-order valence-corrected chi connectivity index (χ2v) is 9.08. The first-order valence-electron chi connectivity index (χ1n) is 8.54. The zero-order chi connectivity index (χ0) is 19.9. The molecule has 0 heterocycles. The van der Waals surface area contributed by atoms with Gasteiger partial charge in [-0.25, -0.2) is 13.1 Å². The Morgan fingerprint density at radius 2 is 1.88 bits per heavy atom. The highest BCUT2D eigenvalue weighted by atomic mass is 79.9. The summed E-state index contributed by atoms with van der Waals surface area (Å²) in [5.41, 5.74) is 0.284. The van der Waals surface area contributed by atoms with Crippen molar-refractivity contribution in [3.63, 3.8) is 0 Å². The zero-order valence-corrected chi connectivity index (χ0v) is 18.2. The summed E-state index contributed by atoms with van der Waals surface area (Å²) in [5.74, 6) is -0.315. The number of rotatable bonds is 10. The molecular formula is C18H28BrN3O3S. The van der Waals surface area contributed by atoms with Crippen molar-refractivity contribution in [2.45, 2.75) is 44.7 Å². The highest BCUT2D eigenvalue weighted by Crippen LogP contribution is 2.21. The highest BCUT2D eigenvalue weighted by molar-refractivity contribution is 9.10. The zero-order valence-electron chi connectivity index (χ0n) is 15.8. The van der Waals surface area contributed by atoms with Crippen molar-refractivity contribution < 1.29 is 13.2 Å². The van der Waals surface area contributed by atoms with E-state index in [1.54, 1.807) is 6.07 Å². The van der Waals surface area contributed by atoms with E-state index in [4.69, 9.17) is 0 Å². The van der Waals surface area contributed by atoms with E-state index in [2.05, 4.69) is 65.1 Å². The first-order valence-corrected chi connectivity index (χ1v) is 10.8. The van der Waals surface area contributed by atoms with E-state index in [0.29, 0.717) is 23.1 Å². The molecule has 0 bridgehead atoms. The normalized spacial score (nSPS) is 12.0. The van der Waals surface area contributed by atoms with Crippen molar-refractivity contribution >= 4 is 31.9 Å². The lowest BCUT2D eigenvalue weighted by molar-refractivity contribution is 0.0938. The first-order chi connectivity index (χ1) is 12.1. The fourth-order valence-corrected chi connectivity index (χ4v) is 4.05. The number of sulfonamides is 1. The van der Waals surface area contributed by atoms with Crippen molar-refractivity contribution in [3.8, 4) is 0 Å². The van der Waals surface area contributed by atoms with Gasteiger partial charge in [-0.1, -0.05) is 6.08 Å². The predicted molar refractivity (Wildman–Crippen MR) is 109 cm³/mol. The average Bonchev–Trinajstić information content (AvgIpc) is 2.56. The Kier molecular flexibility index (Phi) is 8.95. The maximum absolute atomic E-state index is 12.5. The van der Waals surface area contributed by atoms with E-state index in [-0.39, 0.29) is 22.9 Å². The number of nitrogens with zero attached hydrogens (tertiary/aromatic N) is 1. The number of nitrogens with one attached hydrogen (secondary N) is 2. The minimum Gasteiger partial charge on any atom is -0.351 e. The number of carbonyl (C=O) groups is 1. The molecule has 1 rings (SSSR count). The van der Waals surface area contributed by atoms with Crippen LogP contribution in [0.3, 0.4) is 0 Å². The molecule has 0 aliphatic rings. The quantitative estimate of drug-likeness (QED) is 0.542. The molecule has 1 amide bonds. The number of benzene rings is 1. The SMILES string of the molecule is C=CCNS(=O)(=O)c1ccc(Br)c(C(=O)NCCN(C(C)C)C(C)C)c1. The largest absolute Gasteiger partial charge is 0.351 e. The summed E-state index contributed by atoms with van der Waals surface area (Å²) >= 11 is 3.32. The van der Waals surface area contributed by atoms with Gasteiger partial charge in [0.15, 0.2) is 0 Å². The third-order valence-corrected chi connectivity index (χ3v) is 6.01. The number of amides is 1. The van der Waals surface area contributed by atoms with Crippen LogP contribution in [0.15, 0.2) is 40.2 Å². The lowest BCUT2D eigenvalue weighted by Gasteiger charge is -2.30. The Morgan fingerprint density at radius 3 is 2.42 bits per heavy atom. The van der Waals surface area contributed by atoms with Crippen LogP contribution in [0.4, 0.5) is 0 Å². The van der Waals surface area contributed by atoms with Crippen LogP contribution in [0.2, 0.25) is 0 Å². The molecule has 0 spiro atoms. The molecule has 1 aromatic rings. The van der Waals surface area contributed by atoms with Gasteiger partial charge < -0.3 is 5.32 Å². The van der Waals surface area contributed by atoms with Gasteiger partial charge in [0, 0.05) is 36.2 Å². The number of hydrogen-bond acceptors (Lipinski definition) is 4. The van der Waals surface area contributed by atoms with Gasteiger partial charge in [0.05, 0.1) is 10.5 Å². The molecule has 0 fully saturated rings. The molecule has 2 N–H and O–H groups in total. The van der Waals surface area contributed by atoms with Gasteiger partial charge in [0.2, 0.25) is 10.0 Å². The van der Waals surface area contributed by atoms with E-state index in [1.807, 2.05) is 0 Å². The third-order valence-electron chi connectivity index (χ3n) is 3.89. The van der Waals surface area contributed by atoms with Crippen LogP contribution in [0.5, 0.6) is 0 Å². The summed E-state index contributed by atoms with van der Waals surface area (Å²) in [4.78, 5) is 14.8. The Morgan fingerprint density at radius 1 is 1.27 bits per heavy atom. The molecule has 0 saturated heterocycles. The van der Waals surface area contributed by atoms with Gasteiger partial charge in [0.25, 0.3) is 5.91 Å². The summed E-state index contributed by atoms with van der Waals surface area (Å²) in [7, 11) is -3.68. The first kappa shape index (κ1) is 22.8. The molecule has 0 radical (unpaired) electrons. The van der Waals surface area contributed by atoms with Crippen molar-refractivity contribution in [1.29, 1.82) is 0 Å². The second-order valence-electron chi connectivity index (χ2n) is 6.46. The van der Waals surface area contributed by atoms with Gasteiger partial charge in [-0.3, -0.25) is 9.69 Å². The van der Waals surface area contributed by atoms with E-state index in [9.17, 15) is 13.2 Å². The Bertz CT molecular complexity index is 725. The third kappa shape index (κ3) is 6.50. The summed E-state index contributed by atoms with van der Waals surface area (Å²) in [6, 6.07) is 5.14. The van der Waals surface area contributed by atoms with Crippen LogP contribution in [0.1, 0.15) is 38.1 Å². The molecule has 0 saturated carbocycles. The van der Waals surface area contributed by atoms with Crippen LogP contribution in [0, 0.1) is 0 Å². The fourth-order valence-electron chi connectivity index (χ4n) is 2.60. The van der Waals surface area contributed by atoms with Gasteiger partial charge in [0.1, 0.15) is 0 Å². The molecule has 146 valence electrons. The van der Waals surface area contributed by atoms with Crippen LogP contribution >= 0.6 is 15.9 Å². The molecule has 0 unspecified atom stereocenters. The second kappa shape index (κ2) is 10.2. The summed E-state index contributed by atoms with van der Waals surface area (Å²) < 4.78 is 27.4. The Hall–Kier alpha value is -1.22. The standard InChI is InChI=1S/C18H28BrN3O3S/c1-6-9-21-26(24,25)15-7-8-17(19)16(12-15)18(23)20-10-11-22(13(2)3)14(4)5/h6-8,12-14,21H,1,9-11H2,2-5H3,(H,20,23). The van der Waals surface area contributed by atoms with Crippen molar-refractivity contribution in [2.24, 2.45) is 0 Å². The monoisotopic (exact) mass is 445 g/mol. The minimum atomic E-state index is -3.68. The molecular weight excluding hydrogens is 418 g/mol. The lowest BCUT2D eigenvalue weighted by Crippen LogP contribution is -2.42. The molecule has 26 heavy (non-hydrogen) atoms. The summed E-state index contributed by atoms with van der Waals surface area (Å²) in [6.07, 6.45) is 1.46. The fraction of sp³-hybridized carbons (Fsp3) is 0.500. The smallest absolute Gasteiger partial charge is 0.252 e. The van der Waals surface area contributed by atoms with Crippen LogP contribution in [-0.2, 0) is 10.0 Å². The Balaban J connectivity index is 2.86. The van der Waals surface area contributed by atoms with Gasteiger partial charge in [-0.05, 0) is 61.8 Å². The number of carbonyl (C=O) groups excluding carboxylic acids is 1. The molecule has 0 aliphatic heterocycles. The maximum Gasteiger partial charge on any atom is 0.252 e. The Labute approximate surface area is 165 Å². The van der Waals surface area contributed by atoms with Gasteiger partial charge >= 0.3 is 0 Å².